The lowest BCUT2D eigenvalue weighted by Gasteiger charge is -2.27. The maximum atomic E-state index is 12.4. The van der Waals surface area contributed by atoms with E-state index < -0.39 is 0 Å². The molecule has 0 amide bonds. The molecule has 0 spiro atoms. The smallest absolute Gasteiger partial charge is 0.256 e. The number of aromatic nitrogens is 4. The van der Waals surface area contributed by atoms with Crippen molar-refractivity contribution in [2.45, 2.75) is 31.6 Å². The van der Waals surface area contributed by atoms with Crippen LogP contribution in [0.15, 0.2) is 40.4 Å². The second kappa shape index (κ2) is 7.81. The van der Waals surface area contributed by atoms with Gasteiger partial charge >= 0.3 is 0 Å². The van der Waals surface area contributed by atoms with Crippen molar-refractivity contribution in [2.24, 2.45) is 0 Å². The Morgan fingerprint density at radius 1 is 1.29 bits per heavy atom. The van der Waals surface area contributed by atoms with Crippen LogP contribution in [0.4, 0.5) is 0 Å². The number of methoxy groups -OCH3 is 1. The molecule has 8 heteroatoms. The minimum Gasteiger partial charge on any atom is -0.497 e. The molecule has 1 aliphatic heterocycles. The van der Waals surface area contributed by atoms with Crippen LogP contribution >= 0.6 is 11.8 Å². The molecule has 0 unspecified atom stereocenters. The zero-order chi connectivity index (χ0) is 19.7. The summed E-state index contributed by atoms with van der Waals surface area (Å²) in [5.74, 6) is 0.823. The van der Waals surface area contributed by atoms with Crippen molar-refractivity contribution >= 4 is 11.8 Å². The van der Waals surface area contributed by atoms with E-state index in [-0.39, 0.29) is 5.56 Å². The second-order valence-electron chi connectivity index (χ2n) is 6.83. The van der Waals surface area contributed by atoms with Crippen molar-refractivity contribution in [1.82, 2.24) is 24.6 Å². The van der Waals surface area contributed by atoms with Gasteiger partial charge in [-0.1, -0.05) is 11.8 Å². The quantitative estimate of drug-likeness (QED) is 0.527. The molecule has 146 valence electrons. The topological polar surface area (TPSA) is 76.0 Å². The number of aromatic amines is 1. The number of nitrogens with zero attached hydrogens (tertiary/aromatic N) is 4. The Morgan fingerprint density at radius 3 is 2.79 bits per heavy atom. The molecule has 3 heterocycles. The van der Waals surface area contributed by atoms with Crippen LogP contribution in [0.25, 0.3) is 5.69 Å². The maximum absolute atomic E-state index is 12.4. The zero-order valence-corrected chi connectivity index (χ0v) is 17.0. The minimum absolute atomic E-state index is 0.0234. The van der Waals surface area contributed by atoms with Gasteiger partial charge in [0.15, 0.2) is 5.16 Å². The molecule has 0 saturated heterocycles. The SMILES string of the molecule is COc1ccc(-n2ncc(CN3CCc4nc(SC)[nH]c(=O)c4C3)c2C)cc1. The van der Waals surface area contributed by atoms with E-state index in [1.165, 1.54) is 11.8 Å². The fraction of sp³-hybridized carbons (Fsp3) is 0.350. The van der Waals surface area contributed by atoms with E-state index in [0.29, 0.717) is 11.7 Å². The highest BCUT2D eigenvalue weighted by molar-refractivity contribution is 7.98. The first-order chi connectivity index (χ1) is 13.6. The van der Waals surface area contributed by atoms with Crippen LogP contribution in [-0.2, 0) is 19.5 Å². The van der Waals surface area contributed by atoms with Crippen LogP contribution in [0.5, 0.6) is 5.75 Å². The molecule has 1 aromatic carbocycles. The first-order valence-corrected chi connectivity index (χ1v) is 10.4. The average molecular weight is 398 g/mol. The van der Waals surface area contributed by atoms with Gasteiger partial charge in [0.05, 0.1) is 30.3 Å². The van der Waals surface area contributed by atoms with Crippen molar-refractivity contribution in [3.8, 4) is 11.4 Å². The molecule has 0 bridgehead atoms. The fourth-order valence-electron chi connectivity index (χ4n) is 3.51. The van der Waals surface area contributed by atoms with Crippen LogP contribution < -0.4 is 10.3 Å². The molecule has 0 atom stereocenters. The van der Waals surface area contributed by atoms with Crippen LogP contribution in [0.1, 0.15) is 22.5 Å². The summed E-state index contributed by atoms with van der Waals surface area (Å²) in [5.41, 5.74) is 4.94. The Kier molecular flexibility index (Phi) is 5.23. The van der Waals surface area contributed by atoms with Crippen molar-refractivity contribution < 1.29 is 4.74 Å². The van der Waals surface area contributed by atoms with Crippen LogP contribution in [0.3, 0.4) is 0 Å². The van der Waals surface area contributed by atoms with E-state index in [2.05, 4.69) is 26.9 Å². The highest BCUT2D eigenvalue weighted by Gasteiger charge is 2.22. The molecule has 1 N–H and O–H groups in total. The molecule has 0 fully saturated rings. The van der Waals surface area contributed by atoms with E-state index in [1.807, 2.05) is 41.4 Å². The summed E-state index contributed by atoms with van der Waals surface area (Å²) in [5, 5.41) is 5.25. The lowest BCUT2D eigenvalue weighted by Crippen LogP contribution is -2.35. The predicted molar refractivity (Wildman–Crippen MR) is 109 cm³/mol. The number of fused-ring (bicyclic) bond motifs is 1. The number of rotatable bonds is 5. The van der Waals surface area contributed by atoms with Gasteiger partial charge < -0.3 is 9.72 Å². The van der Waals surface area contributed by atoms with Crippen LogP contribution in [0, 0.1) is 6.92 Å². The predicted octanol–water partition coefficient (Wildman–Crippen LogP) is 2.55. The highest BCUT2D eigenvalue weighted by Crippen LogP contribution is 2.22. The molecule has 28 heavy (non-hydrogen) atoms. The lowest BCUT2D eigenvalue weighted by molar-refractivity contribution is 0.240. The summed E-state index contributed by atoms with van der Waals surface area (Å²) in [4.78, 5) is 22.1. The van der Waals surface area contributed by atoms with Gasteiger partial charge in [-0.05, 0) is 37.4 Å². The number of ether oxygens (including phenoxy) is 1. The number of nitrogens with one attached hydrogen (secondary N) is 1. The molecule has 4 rings (SSSR count). The minimum atomic E-state index is -0.0234. The molecule has 3 aromatic rings. The molecule has 7 nitrogen and oxygen atoms in total. The Morgan fingerprint density at radius 2 is 2.07 bits per heavy atom. The molecule has 0 radical (unpaired) electrons. The fourth-order valence-corrected chi connectivity index (χ4v) is 3.91. The van der Waals surface area contributed by atoms with E-state index in [1.54, 1.807) is 7.11 Å². The molecule has 2 aromatic heterocycles. The standard InChI is InChI=1S/C20H23N5O2S/c1-13-14(10-21-25(13)15-4-6-16(27-2)7-5-15)11-24-9-8-18-17(12-24)19(26)23-20(22-18)28-3/h4-7,10H,8-9,11-12H2,1-3H3,(H,22,23,26). The lowest BCUT2D eigenvalue weighted by atomic mass is 10.1. The van der Waals surface area contributed by atoms with E-state index >= 15 is 0 Å². The summed E-state index contributed by atoms with van der Waals surface area (Å²) in [6.45, 7) is 4.32. The van der Waals surface area contributed by atoms with Crippen molar-refractivity contribution in [1.29, 1.82) is 0 Å². The van der Waals surface area contributed by atoms with Gasteiger partial charge in [-0.25, -0.2) is 9.67 Å². The van der Waals surface area contributed by atoms with E-state index in [9.17, 15) is 4.79 Å². The summed E-state index contributed by atoms with van der Waals surface area (Å²) >= 11 is 1.46. The Balaban J connectivity index is 1.53. The number of benzene rings is 1. The Bertz CT molecular complexity index is 1040. The van der Waals surface area contributed by atoms with Gasteiger partial charge in [0.2, 0.25) is 0 Å². The Hall–Kier alpha value is -2.58. The van der Waals surface area contributed by atoms with Crippen LogP contribution in [-0.4, -0.2) is 44.6 Å². The number of hydrogen-bond donors (Lipinski definition) is 1. The Labute approximate surface area is 167 Å². The summed E-state index contributed by atoms with van der Waals surface area (Å²) in [6, 6.07) is 7.85. The molecule has 0 aliphatic carbocycles. The number of thioether (sulfide) groups is 1. The molecular formula is C20H23N5O2S. The monoisotopic (exact) mass is 397 g/mol. The maximum Gasteiger partial charge on any atom is 0.256 e. The van der Waals surface area contributed by atoms with Crippen LogP contribution in [0.2, 0.25) is 0 Å². The normalized spacial score (nSPS) is 14.1. The van der Waals surface area contributed by atoms with E-state index in [4.69, 9.17) is 4.74 Å². The largest absolute Gasteiger partial charge is 0.497 e. The van der Waals surface area contributed by atoms with Crippen molar-refractivity contribution in [3.05, 3.63) is 63.3 Å². The summed E-state index contributed by atoms with van der Waals surface area (Å²) < 4.78 is 7.16. The van der Waals surface area contributed by atoms with Gasteiger partial charge in [-0.3, -0.25) is 9.69 Å². The van der Waals surface area contributed by atoms with Gasteiger partial charge in [0.1, 0.15) is 5.75 Å². The molecule has 1 aliphatic rings. The molecule has 0 saturated carbocycles. The van der Waals surface area contributed by atoms with Crippen molar-refractivity contribution in [2.75, 3.05) is 19.9 Å². The van der Waals surface area contributed by atoms with Gasteiger partial charge in [0.25, 0.3) is 5.56 Å². The zero-order valence-electron chi connectivity index (χ0n) is 16.2. The first kappa shape index (κ1) is 18.8. The van der Waals surface area contributed by atoms with Gasteiger partial charge in [0, 0.05) is 37.3 Å². The number of H-pyrrole nitrogens is 1. The van der Waals surface area contributed by atoms with Crippen molar-refractivity contribution in [3.63, 3.8) is 0 Å². The summed E-state index contributed by atoms with van der Waals surface area (Å²) in [6.07, 6.45) is 4.62. The van der Waals surface area contributed by atoms with Gasteiger partial charge in [-0.15, -0.1) is 0 Å². The third-order valence-corrected chi connectivity index (χ3v) is 5.72. The molecular weight excluding hydrogens is 374 g/mol. The highest BCUT2D eigenvalue weighted by atomic mass is 32.2. The number of hydrogen-bond acceptors (Lipinski definition) is 6. The third-order valence-electron chi connectivity index (χ3n) is 5.14. The first-order valence-electron chi connectivity index (χ1n) is 9.15. The summed E-state index contributed by atoms with van der Waals surface area (Å²) in [7, 11) is 1.66. The average Bonchev–Trinajstić information content (AvgIpc) is 3.08. The second-order valence-corrected chi connectivity index (χ2v) is 7.62. The van der Waals surface area contributed by atoms with E-state index in [0.717, 1.165) is 53.5 Å². The van der Waals surface area contributed by atoms with Gasteiger partial charge in [-0.2, -0.15) is 5.10 Å². The third kappa shape index (κ3) is 3.57.